The van der Waals surface area contributed by atoms with E-state index in [-0.39, 0.29) is 12.3 Å². The maximum Gasteiger partial charge on any atom is 0.364 e. The zero-order chi connectivity index (χ0) is 78.8. The van der Waals surface area contributed by atoms with Gasteiger partial charge in [-0.3, -0.25) is 9.59 Å². The first kappa shape index (κ1) is 99.1. The summed E-state index contributed by atoms with van der Waals surface area (Å²) in [6, 6.07) is -2.62. The highest BCUT2D eigenvalue weighted by molar-refractivity contribution is 5.77. The van der Waals surface area contributed by atoms with Crippen molar-refractivity contribution in [2.45, 2.75) is 458 Å². The minimum Gasteiger partial charge on any atom is -0.477 e. The molecule has 3 fully saturated rings. The number of carbonyl (C=O) groups excluding carboxylic acids is 2. The molecule has 0 aromatic rings. The molecule has 0 aromatic heterocycles. The van der Waals surface area contributed by atoms with Gasteiger partial charge in [-0.1, -0.05) is 314 Å². The standard InChI is InChI=1S/C85H156N2O21/c1-4-6-8-10-12-14-16-18-20-22-23-24-25-26-27-28-29-30-31-32-33-34-35-36-37-38-39-40-41-43-45-47-49-51-53-55-57-59-72(95)87-66(67(92)58-56-54-52-50-48-46-44-42-21-19-17-15-13-11-9-7-5-2)64-103-82-77(99)76(98)79(71(63-90)105-82)106-83-78(100)81(75(97)70(62-89)104-83)108-85(84(101)102)60-68(93)73(86-65(3)91)80(107-85)74(96)69(94)61-88/h27-28,30-31,56,58,66-71,73-83,88-90,92-94,96-100H,4-26,29,32-55,57,59-64H2,1-3H3,(H,86,91)(H,87,95)(H,101,102)/b28-27-,31-30-,58-56+. The number of allylic oxidation sites excluding steroid dienone is 5. The van der Waals surface area contributed by atoms with Gasteiger partial charge in [0.2, 0.25) is 11.8 Å². The normalized spacial score (nSPS) is 26.0. The van der Waals surface area contributed by atoms with Gasteiger partial charge in [-0.25, -0.2) is 4.79 Å². The van der Waals surface area contributed by atoms with Crippen molar-refractivity contribution in [2.75, 3.05) is 26.4 Å². The summed E-state index contributed by atoms with van der Waals surface area (Å²) in [4.78, 5) is 38.7. The summed E-state index contributed by atoms with van der Waals surface area (Å²) >= 11 is 0. The number of aliphatic hydroxyl groups is 11. The quantitative estimate of drug-likeness (QED) is 0.0199. The van der Waals surface area contributed by atoms with E-state index in [9.17, 15) is 75.7 Å². The molecule has 0 radical (unpaired) electrons. The Morgan fingerprint density at radius 1 is 0.491 bits per heavy atom. The first-order chi connectivity index (χ1) is 52.4. The average molecular weight is 1540 g/mol. The van der Waals surface area contributed by atoms with Gasteiger partial charge in [0.05, 0.1) is 50.7 Å². The molecule has 2 amide bonds. The molecule has 0 aromatic carbocycles. The number of aliphatic carboxylic acids is 1. The Kier molecular flexibility index (Phi) is 58.1. The molecule has 108 heavy (non-hydrogen) atoms. The molecule has 0 saturated carbocycles. The van der Waals surface area contributed by atoms with E-state index in [0.717, 1.165) is 58.3 Å². The molecule has 18 atom stereocenters. The molecule has 3 aliphatic rings. The molecule has 632 valence electrons. The molecule has 3 rings (SSSR count). The van der Waals surface area contributed by atoms with Crippen molar-refractivity contribution in [3.8, 4) is 0 Å². The van der Waals surface area contributed by atoms with E-state index in [1.807, 2.05) is 6.08 Å². The maximum absolute atomic E-state index is 13.6. The molecule has 23 nitrogen and oxygen atoms in total. The summed E-state index contributed by atoms with van der Waals surface area (Å²) in [5.41, 5.74) is 0. The molecule has 23 heteroatoms. The number of nitrogens with one attached hydrogen (secondary N) is 2. The fourth-order valence-electron chi connectivity index (χ4n) is 15.0. The second-order valence-corrected chi connectivity index (χ2v) is 31.4. The van der Waals surface area contributed by atoms with Crippen molar-refractivity contribution in [1.82, 2.24) is 10.6 Å². The Balaban J connectivity index is 1.43. The summed E-state index contributed by atoms with van der Waals surface area (Å²) in [6.45, 7) is 2.18. The Morgan fingerprint density at radius 2 is 0.898 bits per heavy atom. The van der Waals surface area contributed by atoms with E-state index in [1.165, 1.54) is 250 Å². The molecular weight excluding hydrogens is 1380 g/mol. The largest absolute Gasteiger partial charge is 0.477 e. The summed E-state index contributed by atoms with van der Waals surface area (Å²) < 4.78 is 34.9. The van der Waals surface area contributed by atoms with Crippen LogP contribution in [0.5, 0.6) is 0 Å². The van der Waals surface area contributed by atoms with Crippen LogP contribution in [-0.2, 0) is 42.8 Å². The van der Waals surface area contributed by atoms with Crippen molar-refractivity contribution in [3.05, 3.63) is 36.5 Å². The Bertz CT molecular complexity index is 2290. The van der Waals surface area contributed by atoms with Crippen molar-refractivity contribution >= 4 is 17.8 Å². The fraction of sp³-hybridized carbons (Fsp3) is 0.894. The fourth-order valence-corrected chi connectivity index (χ4v) is 15.0. The van der Waals surface area contributed by atoms with Gasteiger partial charge in [0, 0.05) is 19.8 Å². The number of aliphatic hydroxyl groups excluding tert-OH is 11. The highest BCUT2D eigenvalue weighted by atomic mass is 16.8. The number of amides is 2. The number of carboxylic acid groups (broad SMARTS) is 1. The summed E-state index contributed by atoms with van der Waals surface area (Å²) in [5.74, 6) is -6.14. The van der Waals surface area contributed by atoms with Gasteiger partial charge < -0.3 is 100 Å². The number of ether oxygens (including phenoxy) is 6. The van der Waals surface area contributed by atoms with E-state index in [1.54, 1.807) is 6.08 Å². The van der Waals surface area contributed by atoms with Gasteiger partial charge in [0.15, 0.2) is 12.6 Å². The lowest BCUT2D eigenvalue weighted by Crippen LogP contribution is -2.70. The van der Waals surface area contributed by atoms with Crippen LogP contribution in [0.4, 0.5) is 0 Å². The zero-order valence-corrected chi connectivity index (χ0v) is 67.2. The second kappa shape index (κ2) is 63.3. The molecule has 18 unspecified atom stereocenters. The van der Waals surface area contributed by atoms with Gasteiger partial charge in [-0.15, -0.1) is 0 Å². The van der Waals surface area contributed by atoms with Crippen molar-refractivity contribution in [1.29, 1.82) is 0 Å². The number of unbranched alkanes of at least 4 members (excludes halogenated alkanes) is 45. The van der Waals surface area contributed by atoms with Gasteiger partial charge in [0.25, 0.3) is 5.79 Å². The summed E-state index contributed by atoms with van der Waals surface area (Å²) in [7, 11) is 0. The van der Waals surface area contributed by atoms with Crippen LogP contribution in [0.25, 0.3) is 0 Å². The lowest BCUT2D eigenvalue weighted by Gasteiger charge is -2.50. The van der Waals surface area contributed by atoms with Crippen LogP contribution in [0.1, 0.15) is 348 Å². The lowest BCUT2D eigenvalue weighted by molar-refractivity contribution is -0.386. The van der Waals surface area contributed by atoms with Crippen LogP contribution in [0.15, 0.2) is 36.5 Å². The lowest BCUT2D eigenvalue weighted by atomic mass is 9.88. The van der Waals surface area contributed by atoms with Gasteiger partial charge in [-0.05, 0) is 51.4 Å². The van der Waals surface area contributed by atoms with Crippen molar-refractivity contribution < 1.29 is 104 Å². The van der Waals surface area contributed by atoms with E-state index in [4.69, 9.17) is 28.4 Å². The van der Waals surface area contributed by atoms with Crippen LogP contribution in [0, 0.1) is 0 Å². The SMILES string of the molecule is CCCCCCCCCCCCCCC/C=C\C/C=C\CCCCCCCCCCCCCCCCCCCC(=O)NC(COC1OC(CO)C(OC2OC(CO)C(O)C(OC3(C(=O)O)CC(O)C(NC(C)=O)C(C(O)C(O)CO)O3)C2O)C(O)C1O)C(O)/C=C/CCCCCCCCCCCCCCCCC. The van der Waals surface area contributed by atoms with E-state index in [2.05, 4.69) is 48.8 Å². The average Bonchev–Trinajstić information content (AvgIpc) is 0.755. The number of hydrogen-bond acceptors (Lipinski definition) is 20. The highest BCUT2D eigenvalue weighted by Gasteiger charge is 2.60. The number of hydrogen-bond donors (Lipinski definition) is 14. The zero-order valence-electron chi connectivity index (χ0n) is 67.2. The third-order valence-corrected chi connectivity index (χ3v) is 21.8. The molecule has 0 aliphatic carbocycles. The minimum atomic E-state index is -3.08. The van der Waals surface area contributed by atoms with Gasteiger partial charge in [0.1, 0.15) is 67.1 Å². The molecule has 3 aliphatic heterocycles. The molecule has 3 saturated heterocycles. The summed E-state index contributed by atoms with van der Waals surface area (Å²) in [5, 5.41) is 136. The third kappa shape index (κ3) is 42.4. The Morgan fingerprint density at radius 3 is 1.31 bits per heavy atom. The number of carbonyl (C=O) groups is 3. The first-order valence-electron chi connectivity index (χ1n) is 43.4. The van der Waals surface area contributed by atoms with Crippen LogP contribution >= 0.6 is 0 Å². The summed E-state index contributed by atoms with van der Waals surface area (Å²) in [6.07, 6.45) is 44.9. The minimum absolute atomic E-state index is 0.202. The highest BCUT2D eigenvalue weighted by Crippen LogP contribution is 2.39. The molecule has 0 bridgehead atoms. The Hall–Kier alpha value is -3.05. The first-order valence-corrected chi connectivity index (χ1v) is 43.4. The van der Waals surface area contributed by atoms with Crippen LogP contribution in [-0.4, -0.2) is 215 Å². The maximum atomic E-state index is 13.6. The van der Waals surface area contributed by atoms with Gasteiger partial charge in [-0.2, -0.15) is 0 Å². The number of carboxylic acids is 1. The van der Waals surface area contributed by atoms with Crippen LogP contribution in [0.2, 0.25) is 0 Å². The van der Waals surface area contributed by atoms with E-state index < -0.39 is 155 Å². The second-order valence-electron chi connectivity index (χ2n) is 31.4. The topological polar surface area (TPSA) is 373 Å². The smallest absolute Gasteiger partial charge is 0.364 e. The van der Waals surface area contributed by atoms with Gasteiger partial charge >= 0.3 is 5.97 Å². The molecular formula is C85H156N2O21. The van der Waals surface area contributed by atoms with E-state index >= 15 is 0 Å². The molecule has 14 N–H and O–H groups in total. The van der Waals surface area contributed by atoms with E-state index in [0.29, 0.717) is 12.8 Å². The van der Waals surface area contributed by atoms with Crippen LogP contribution in [0.3, 0.4) is 0 Å². The molecule has 3 heterocycles. The van der Waals surface area contributed by atoms with Crippen LogP contribution < -0.4 is 10.6 Å². The molecule has 0 spiro atoms. The number of rotatable bonds is 69. The third-order valence-electron chi connectivity index (χ3n) is 21.8. The predicted molar refractivity (Wildman–Crippen MR) is 421 cm³/mol. The monoisotopic (exact) mass is 1540 g/mol. The van der Waals surface area contributed by atoms with Crippen molar-refractivity contribution in [3.63, 3.8) is 0 Å². The van der Waals surface area contributed by atoms with Crippen molar-refractivity contribution in [2.24, 2.45) is 0 Å². The predicted octanol–water partition coefficient (Wildman–Crippen LogP) is 12.9. The Labute approximate surface area is 650 Å².